The zero-order valence-electron chi connectivity index (χ0n) is 6.85. The van der Waals surface area contributed by atoms with Crippen LogP contribution in [-0.4, -0.2) is 6.61 Å². The maximum atomic E-state index is 9.53. The summed E-state index contributed by atoms with van der Waals surface area (Å²) in [5, 5.41) is 9.53. The molecule has 0 atom stereocenters. The molecular formula is C4H17N2O3Ti. The van der Waals surface area contributed by atoms with E-state index in [0.29, 0.717) is 0 Å². The maximum absolute atomic E-state index is 9.53. The summed E-state index contributed by atoms with van der Waals surface area (Å²) in [6.07, 6.45) is 1.86. The van der Waals surface area contributed by atoms with Crippen molar-refractivity contribution in [1.29, 1.82) is 0 Å². The van der Waals surface area contributed by atoms with E-state index in [2.05, 4.69) is 0 Å². The summed E-state index contributed by atoms with van der Waals surface area (Å²) in [5.41, 5.74) is 0. The van der Waals surface area contributed by atoms with E-state index in [9.17, 15) is 5.11 Å². The molecule has 0 aromatic heterocycles. The molecule has 0 aliphatic carbocycles. The predicted octanol–water partition coefficient (Wildman–Crippen LogP) is -0.411. The van der Waals surface area contributed by atoms with E-state index in [1.54, 1.807) is 0 Å². The van der Waals surface area contributed by atoms with E-state index in [1.165, 1.54) is 0 Å². The molecule has 0 saturated carbocycles. The molecule has 0 radical (unpaired) electrons. The van der Waals surface area contributed by atoms with Gasteiger partial charge in [0, 0.05) is 0 Å². The van der Waals surface area contributed by atoms with Crippen LogP contribution in [0.15, 0.2) is 0 Å². The molecule has 65 valence electrons. The molecule has 0 aliphatic rings. The van der Waals surface area contributed by atoms with E-state index in [0.717, 1.165) is 12.8 Å². The van der Waals surface area contributed by atoms with Crippen molar-refractivity contribution in [3.8, 4) is 0 Å². The summed E-state index contributed by atoms with van der Waals surface area (Å²) >= 11 is -2.00. The molecule has 0 fully saturated rings. The fourth-order valence-electron chi connectivity index (χ4n) is 0.144. The molecule has 0 amide bonds. The van der Waals surface area contributed by atoms with Gasteiger partial charge in [0.2, 0.25) is 0 Å². The Morgan fingerprint density at radius 2 is 1.70 bits per heavy atom. The summed E-state index contributed by atoms with van der Waals surface area (Å²) < 4.78 is 17.0. The van der Waals surface area contributed by atoms with Gasteiger partial charge in [-0.2, -0.15) is 0 Å². The summed E-state index contributed by atoms with van der Waals surface area (Å²) in [6.45, 7) is 2.11. The van der Waals surface area contributed by atoms with Crippen LogP contribution in [0, 0.1) is 0 Å². The van der Waals surface area contributed by atoms with Crippen molar-refractivity contribution >= 4 is 0 Å². The second-order valence-electron chi connectivity index (χ2n) is 1.14. The van der Waals surface area contributed by atoms with Gasteiger partial charge in [0.05, 0.1) is 0 Å². The van der Waals surface area contributed by atoms with Crippen molar-refractivity contribution in [2.75, 3.05) is 6.61 Å². The van der Waals surface area contributed by atoms with Crippen molar-refractivity contribution in [2.24, 2.45) is 0 Å². The Morgan fingerprint density at radius 1 is 1.40 bits per heavy atom. The van der Waals surface area contributed by atoms with Crippen molar-refractivity contribution in [1.82, 2.24) is 12.3 Å². The molecule has 0 bridgehead atoms. The fraction of sp³-hybridized carbons (Fsp3) is 1.00. The van der Waals surface area contributed by atoms with Gasteiger partial charge in [-0.1, -0.05) is 19.8 Å². The first-order chi connectivity index (χ1) is 3.83. The molecule has 0 aromatic carbocycles. The molecule has 0 saturated heterocycles. The van der Waals surface area contributed by atoms with Gasteiger partial charge in [0.1, 0.15) is 0 Å². The van der Waals surface area contributed by atoms with Gasteiger partial charge in [-0.25, -0.2) is 0 Å². The van der Waals surface area contributed by atoms with Gasteiger partial charge in [0.15, 0.2) is 0 Å². The number of unbranched alkanes of at least 4 members (excludes halogenated alkanes) is 1. The van der Waals surface area contributed by atoms with Crippen LogP contribution in [0.2, 0.25) is 0 Å². The molecule has 0 spiro atoms. The normalized spacial score (nSPS) is 5.10. The average Bonchev–Trinajstić information content (AvgIpc) is 1.71. The SMILES string of the molecule is CCCC[O-].[NH4+].[NH4+].[O]=[Ti][O-]. The van der Waals surface area contributed by atoms with Crippen molar-refractivity contribution in [3.63, 3.8) is 0 Å². The van der Waals surface area contributed by atoms with Crippen molar-refractivity contribution in [3.05, 3.63) is 0 Å². The monoisotopic (exact) mass is 189 g/mol. The fourth-order valence-corrected chi connectivity index (χ4v) is 0.144. The van der Waals surface area contributed by atoms with Crippen LogP contribution in [0.1, 0.15) is 19.8 Å². The molecule has 0 rings (SSSR count). The molecule has 5 nitrogen and oxygen atoms in total. The Labute approximate surface area is 70.7 Å². The topological polar surface area (TPSA) is 136 Å². The third-order valence-electron chi connectivity index (χ3n) is 0.498. The first-order valence-electron chi connectivity index (χ1n) is 2.40. The van der Waals surface area contributed by atoms with Crippen LogP contribution < -0.4 is 21.1 Å². The molecular weight excluding hydrogens is 172 g/mol. The van der Waals surface area contributed by atoms with Crippen LogP contribution in [0.25, 0.3) is 0 Å². The Hall–Kier alpha value is 0.354. The molecule has 10 heavy (non-hydrogen) atoms. The molecule has 8 N–H and O–H groups in total. The number of quaternary nitrogens is 2. The second-order valence-corrected chi connectivity index (χ2v) is 1.40. The Balaban J connectivity index is -0.0000000326. The molecule has 0 aliphatic heterocycles. The van der Waals surface area contributed by atoms with Gasteiger partial charge in [-0.15, -0.1) is 6.61 Å². The second kappa shape index (κ2) is 34.4. The zero-order valence-corrected chi connectivity index (χ0v) is 8.41. The standard InChI is InChI=1S/C4H9O.2H3N.2O.Ti/c1-2-3-4-5;;;;;/h2-4H2,1H3;2*1H3;;;/q-1;;;;-1;/p+2. The summed E-state index contributed by atoms with van der Waals surface area (Å²) in [4.78, 5) is 0. The Kier molecular flexibility index (Phi) is 77.3. The molecule has 6 heteroatoms. The summed E-state index contributed by atoms with van der Waals surface area (Å²) in [5.74, 6) is 0. The quantitative estimate of drug-likeness (QED) is 0.571. The van der Waals surface area contributed by atoms with E-state index < -0.39 is 19.5 Å². The first-order valence-corrected chi connectivity index (χ1v) is 3.68. The summed E-state index contributed by atoms with van der Waals surface area (Å²) in [7, 11) is 0. The first kappa shape index (κ1) is 22.4. The van der Waals surface area contributed by atoms with Crippen LogP contribution in [-0.2, 0) is 22.8 Å². The molecule has 0 unspecified atom stereocenters. The predicted molar refractivity (Wildman–Crippen MR) is 32.4 cm³/mol. The average molecular weight is 189 g/mol. The van der Waals surface area contributed by atoms with Gasteiger partial charge >= 0.3 is 26.5 Å². The number of hydrogen-bond acceptors (Lipinski definition) is 3. The molecule has 0 aromatic rings. The van der Waals surface area contributed by atoms with Crippen LogP contribution in [0.3, 0.4) is 0 Å². The van der Waals surface area contributed by atoms with Gasteiger partial charge in [0.25, 0.3) is 0 Å². The summed E-state index contributed by atoms with van der Waals surface area (Å²) in [6, 6.07) is 0. The van der Waals surface area contributed by atoms with E-state index in [4.69, 9.17) is 7.01 Å². The van der Waals surface area contributed by atoms with E-state index in [1.807, 2.05) is 6.92 Å². The Morgan fingerprint density at radius 3 is 1.70 bits per heavy atom. The third-order valence-corrected chi connectivity index (χ3v) is 0.498. The van der Waals surface area contributed by atoms with Crippen LogP contribution >= 0.6 is 0 Å². The van der Waals surface area contributed by atoms with E-state index in [-0.39, 0.29) is 18.9 Å². The van der Waals surface area contributed by atoms with Crippen molar-refractivity contribution < 1.29 is 31.6 Å². The zero-order chi connectivity index (χ0) is 6.83. The van der Waals surface area contributed by atoms with E-state index >= 15 is 0 Å². The van der Waals surface area contributed by atoms with Gasteiger partial charge < -0.3 is 17.4 Å². The van der Waals surface area contributed by atoms with Gasteiger partial charge in [-0.3, -0.25) is 0 Å². The van der Waals surface area contributed by atoms with Crippen LogP contribution in [0.5, 0.6) is 0 Å². The Bertz CT molecular complexity index is 45.5. The van der Waals surface area contributed by atoms with Gasteiger partial charge in [-0.05, 0) is 0 Å². The van der Waals surface area contributed by atoms with Crippen LogP contribution in [0.4, 0.5) is 0 Å². The molecule has 0 heterocycles. The van der Waals surface area contributed by atoms with Crippen molar-refractivity contribution in [2.45, 2.75) is 19.8 Å². The third kappa shape index (κ3) is 81.5. The number of hydrogen-bond donors (Lipinski definition) is 2. The minimum absolute atomic E-state index is 0. The minimum atomic E-state index is -2.00. The number of rotatable bonds is 2.